The highest BCUT2D eigenvalue weighted by Gasteiger charge is 2.07. The fourth-order valence-electron chi connectivity index (χ4n) is 2.91. The first-order chi connectivity index (χ1) is 12.8. The van der Waals surface area contributed by atoms with Gasteiger partial charge in [-0.25, -0.2) is 0 Å². The smallest absolute Gasteiger partial charge is 0.195 e. The molecule has 0 fully saturated rings. The highest BCUT2D eigenvalue weighted by atomic mass is 32.1. The van der Waals surface area contributed by atoms with Crippen LogP contribution in [-0.4, -0.2) is 5.78 Å². The summed E-state index contributed by atoms with van der Waals surface area (Å²) >= 11 is 1.56. The quantitative estimate of drug-likeness (QED) is 0.178. The van der Waals surface area contributed by atoms with Gasteiger partial charge in [0, 0.05) is 4.70 Å². The van der Waals surface area contributed by atoms with Gasteiger partial charge < -0.3 is 0 Å². The molecule has 0 N–H and O–H groups in total. The van der Waals surface area contributed by atoms with Crippen molar-refractivity contribution in [2.24, 2.45) is 0 Å². The minimum atomic E-state index is 0.0839. The molecule has 1 nitrogen and oxygen atoms in total. The average molecular weight is 361 g/mol. The summed E-state index contributed by atoms with van der Waals surface area (Å²) in [6.45, 7) is 2.21. The third kappa shape index (κ3) is 5.03. The number of unbranched alkanes of at least 4 members (excludes halogenated alkanes) is 2. The predicted molar refractivity (Wildman–Crippen MR) is 114 cm³/mol. The van der Waals surface area contributed by atoms with Gasteiger partial charge in [-0.1, -0.05) is 80.4 Å². The van der Waals surface area contributed by atoms with Crippen LogP contribution in [0.1, 0.15) is 47.8 Å². The van der Waals surface area contributed by atoms with E-state index in [4.69, 9.17) is 0 Å². The Bertz CT molecular complexity index is 883. The van der Waals surface area contributed by atoms with E-state index >= 15 is 0 Å². The Morgan fingerprint density at radius 3 is 2.50 bits per heavy atom. The SMILES string of the molecule is CCCCCC(C=CC(=O)c1cc2ccccc2s1)=Cc1ccccc1. The fraction of sp³-hybridized carbons (Fsp3) is 0.208. The summed E-state index contributed by atoms with van der Waals surface area (Å²) < 4.78 is 1.16. The molecule has 0 saturated heterocycles. The number of ketones is 1. The van der Waals surface area contributed by atoms with Gasteiger partial charge in [0.15, 0.2) is 5.78 Å². The third-order valence-corrected chi connectivity index (χ3v) is 5.47. The predicted octanol–water partition coefficient (Wildman–Crippen LogP) is 7.30. The summed E-state index contributed by atoms with van der Waals surface area (Å²) in [5, 5.41) is 1.14. The summed E-state index contributed by atoms with van der Waals surface area (Å²) in [5.74, 6) is 0.0839. The largest absolute Gasteiger partial charge is 0.288 e. The molecule has 0 saturated carbocycles. The zero-order chi connectivity index (χ0) is 18.2. The van der Waals surface area contributed by atoms with Crippen molar-refractivity contribution < 1.29 is 4.79 Å². The molecule has 0 spiro atoms. The number of carbonyl (C=O) groups excluding carboxylic acids is 1. The van der Waals surface area contributed by atoms with E-state index in [2.05, 4.69) is 37.3 Å². The number of benzene rings is 2. The van der Waals surface area contributed by atoms with Gasteiger partial charge in [-0.15, -0.1) is 11.3 Å². The Kier molecular flexibility index (Phi) is 6.56. The Hall–Kier alpha value is -2.45. The van der Waals surface area contributed by atoms with Crippen LogP contribution in [0.2, 0.25) is 0 Å². The lowest BCUT2D eigenvalue weighted by Crippen LogP contribution is -1.90. The van der Waals surface area contributed by atoms with Crippen LogP contribution in [0, 0.1) is 0 Å². The number of rotatable bonds is 8. The van der Waals surface area contributed by atoms with Crippen LogP contribution < -0.4 is 0 Å². The molecule has 3 rings (SSSR count). The van der Waals surface area contributed by atoms with Crippen molar-refractivity contribution >= 4 is 33.3 Å². The fourth-order valence-corrected chi connectivity index (χ4v) is 3.90. The van der Waals surface area contributed by atoms with Crippen LogP contribution in [0.4, 0.5) is 0 Å². The maximum atomic E-state index is 12.6. The van der Waals surface area contributed by atoms with Crippen molar-refractivity contribution in [3.05, 3.63) is 88.8 Å². The number of allylic oxidation sites excluding steroid dienone is 3. The molecule has 0 radical (unpaired) electrons. The lowest BCUT2D eigenvalue weighted by atomic mass is 10.0. The van der Waals surface area contributed by atoms with Crippen molar-refractivity contribution in [1.82, 2.24) is 0 Å². The molecule has 0 atom stereocenters. The summed E-state index contributed by atoms with van der Waals surface area (Å²) in [7, 11) is 0. The van der Waals surface area contributed by atoms with E-state index in [9.17, 15) is 4.79 Å². The molecule has 0 aliphatic heterocycles. The van der Waals surface area contributed by atoms with Crippen LogP contribution in [0.3, 0.4) is 0 Å². The molecular weight excluding hydrogens is 336 g/mol. The van der Waals surface area contributed by atoms with Crippen LogP contribution in [-0.2, 0) is 0 Å². The molecule has 3 aromatic rings. The molecule has 0 aliphatic carbocycles. The second kappa shape index (κ2) is 9.30. The van der Waals surface area contributed by atoms with Gasteiger partial charge in [-0.3, -0.25) is 4.79 Å². The van der Waals surface area contributed by atoms with E-state index in [1.807, 2.05) is 42.5 Å². The van der Waals surface area contributed by atoms with Gasteiger partial charge in [-0.2, -0.15) is 0 Å². The van der Waals surface area contributed by atoms with Crippen LogP contribution in [0.5, 0.6) is 0 Å². The van der Waals surface area contributed by atoms with Gasteiger partial charge >= 0.3 is 0 Å². The van der Waals surface area contributed by atoms with Gasteiger partial charge in [0.25, 0.3) is 0 Å². The maximum absolute atomic E-state index is 12.6. The first-order valence-corrected chi connectivity index (χ1v) is 10.0. The molecule has 0 unspecified atom stereocenters. The third-order valence-electron chi connectivity index (χ3n) is 4.34. The number of carbonyl (C=O) groups is 1. The Balaban J connectivity index is 1.78. The van der Waals surface area contributed by atoms with E-state index in [1.165, 1.54) is 24.0 Å². The molecule has 2 heteroatoms. The molecule has 1 aromatic heterocycles. The molecule has 132 valence electrons. The van der Waals surface area contributed by atoms with Crippen molar-refractivity contribution in [2.45, 2.75) is 32.6 Å². The summed E-state index contributed by atoms with van der Waals surface area (Å²) in [6, 6.07) is 20.4. The summed E-state index contributed by atoms with van der Waals surface area (Å²) in [5.41, 5.74) is 2.39. The first-order valence-electron chi connectivity index (χ1n) is 9.23. The van der Waals surface area contributed by atoms with Crippen molar-refractivity contribution in [1.29, 1.82) is 0 Å². The first kappa shape index (κ1) is 18.3. The van der Waals surface area contributed by atoms with Crippen LogP contribution in [0.25, 0.3) is 16.2 Å². The van der Waals surface area contributed by atoms with Gasteiger partial charge in [0.1, 0.15) is 0 Å². The molecule has 2 aromatic carbocycles. The second-order valence-electron chi connectivity index (χ2n) is 6.43. The molecule has 26 heavy (non-hydrogen) atoms. The maximum Gasteiger partial charge on any atom is 0.195 e. The van der Waals surface area contributed by atoms with Crippen LogP contribution in [0.15, 0.2) is 78.4 Å². The number of hydrogen-bond acceptors (Lipinski definition) is 2. The zero-order valence-electron chi connectivity index (χ0n) is 15.2. The average Bonchev–Trinajstić information content (AvgIpc) is 3.11. The second-order valence-corrected chi connectivity index (χ2v) is 7.52. The van der Waals surface area contributed by atoms with E-state index in [1.54, 1.807) is 17.4 Å². The number of hydrogen-bond donors (Lipinski definition) is 0. The lowest BCUT2D eigenvalue weighted by molar-refractivity contribution is 0.105. The van der Waals surface area contributed by atoms with Gasteiger partial charge in [0.2, 0.25) is 0 Å². The zero-order valence-corrected chi connectivity index (χ0v) is 16.0. The molecule has 0 bridgehead atoms. The monoisotopic (exact) mass is 360 g/mol. The van der Waals surface area contributed by atoms with Gasteiger partial charge in [-0.05, 0) is 47.6 Å². The highest BCUT2D eigenvalue weighted by molar-refractivity contribution is 7.21. The normalized spacial score (nSPS) is 12.1. The van der Waals surface area contributed by atoms with E-state index in [0.717, 1.165) is 27.8 Å². The summed E-state index contributed by atoms with van der Waals surface area (Å²) in [4.78, 5) is 13.4. The number of fused-ring (bicyclic) bond motifs is 1. The molecule has 1 heterocycles. The van der Waals surface area contributed by atoms with E-state index in [0.29, 0.717) is 0 Å². The Labute approximate surface area is 159 Å². The van der Waals surface area contributed by atoms with Crippen molar-refractivity contribution in [2.75, 3.05) is 0 Å². The van der Waals surface area contributed by atoms with Crippen molar-refractivity contribution in [3.63, 3.8) is 0 Å². The standard InChI is InChI=1S/C24H24OS/c1-2-3-5-10-20(17-19-11-6-4-7-12-19)15-16-22(25)24-18-21-13-8-9-14-23(21)26-24/h4,6-9,11-18H,2-3,5,10H2,1H3. The topological polar surface area (TPSA) is 17.1 Å². The lowest BCUT2D eigenvalue weighted by Gasteiger charge is -2.03. The van der Waals surface area contributed by atoms with Gasteiger partial charge in [0.05, 0.1) is 4.88 Å². The molecule has 0 aliphatic rings. The van der Waals surface area contributed by atoms with Crippen molar-refractivity contribution in [3.8, 4) is 0 Å². The van der Waals surface area contributed by atoms with E-state index < -0.39 is 0 Å². The van der Waals surface area contributed by atoms with E-state index in [-0.39, 0.29) is 5.78 Å². The van der Waals surface area contributed by atoms with Crippen LogP contribution >= 0.6 is 11.3 Å². The Morgan fingerprint density at radius 1 is 0.962 bits per heavy atom. The molecule has 0 amide bonds. The summed E-state index contributed by atoms with van der Waals surface area (Å²) in [6.07, 6.45) is 10.5. The minimum absolute atomic E-state index is 0.0839. The Morgan fingerprint density at radius 2 is 1.73 bits per heavy atom. The highest BCUT2D eigenvalue weighted by Crippen LogP contribution is 2.26. The minimum Gasteiger partial charge on any atom is -0.288 e. The molecular formula is C24H24OS. The number of thiophene rings is 1.